The molecule has 164 valence electrons. The fraction of sp³-hybridized carbons (Fsp3) is 0.136. The molecular weight excluding hydrogens is 437 g/mol. The van der Waals surface area contributed by atoms with Crippen molar-refractivity contribution in [2.45, 2.75) is 17.9 Å². The Morgan fingerprint density at radius 1 is 0.875 bits per heavy atom. The van der Waals surface area contributed by atoms with E-state index in [2.05, 4.69) is 14.8 Å². The van der Waals surface area contributed by atoms with Gasteiger partial charge in [-0.3, -0.25) is 4.79 Å². The molecule has 0 radical (unpaired) electrons. The highest BCUT2D eigenvalue weighted by Gasteiger charge is 2.53. The molecule has 0 spiro atoms. The fourth-order valence-electron chi connectivity index (χ4n) is 4.20. The van der Waals surface area contributed by atoms with Gasteiger partial charge in [0.2, 0.25) is 5.91 Å². The van der Waals surface area contributed by atoms with E-state index in [0.717, 1.165) is 24.3 Å². The zero-order valence-corrected chi connectivity index (χ0v) is 15.8. The molecule has 0 aromatic heterocycles. The van der Waals surface area contributed by atoms with E-state index in [0.29, 0.717) is 0 Å². The molecule has 5 rings (SSSR count). The van der Waals surface area contributed by atoms with Gasteiger partial charge >= 0.3 is 12.5 Å². The average molecular weight is 449 g/mol. The Kier molecular flexibility index (Phi) is 3.99. The quantitative estimate of drug-likeness (QED) is 0.540. The van der Waals surface area contributed by atoms with Crippen molar-refractivity contribution in [1.29, 1.82) is 0 Å². The second-order valence-electron chi connectivity index (χ2n) is 7.31. The first-order valence-corrected chi connectivity index (χ1v) is 9.24. The number of amides is 1. The molecule has 3 aromatic rings. The van der Waals surface area contributed by atoms with E-state index in [1.54, 1.807) is 0 Å². The molecule has 1 amide bonds. The van der Waals surface area contributed by atoms with E-state index in [1.165, 1.54) is 36.4 Å². The number of ether oxygens (including phenoxy) is 2. The molecule has 10 heteroatoms. The van der Waals surface area contributed by atoms with Crippen molar-refractivity contribution in [2.75, 3.05) is 5.32 Å². The van der Waals surface area contributed by atoms with Crippen LogP contribution >= 0.6 is 0 Å². The lowest BCUT2D eigenvalue weighted by atomic mass is 9.70. The van der Waals surface area contributed by atoms with Crippen LogP contribution in [0.5, 0.6) is 17.2 Å². The summed E-state index contributed by atoms with van der Waals surface area (Å²) in [6, 6.07) is 12.3. The first-order valence-electron chi connectivity index (χ1n) is 9.24. The van der Waals surface area contributed by atoms with Gasteiger partial charge in [-0.1, -0.05) is 30.3 Å². The van der Waals surface area contributed by atoms with Gasteiger partial charge in [-0.15, -0.1) is 8.78 Å². The van der Waals surface area contributed by atoms with Gasteiger partial charge in [0.25, 0.3) is 0 Å². The van der Waals surface area contributed by atoms with Crippen LogP contribution in [0.3, 0.4) is 0 Å². The van der Waals surface area contributed by atoms with Crippen molar-refractivity contribution in [3.8, 4) is 17.2 Å². The van der Waals surface area contributed by atoms with Gasteiger partial charge in [0, 0.05) is 5.56 Å². The van der Waals surface area contributed by atoms with Crippen LogP contribution in [0.2, 0.25) is 0 Å². The molecule has 3 aromatic carbocycles. The molecule has 2 aliphatic heterocycles. The third-order valence-corrected chi connectivity index (χ3v) is 5.49. The summed E-state index contributed by atoms with van der Waals surface area (Å²) in [4.78, 5) is 13.4. The van der Waals surface area contributed by atoms with Crippen molar-refractivity contribution in [2.24, 2.45) is 0 Å². The maximum atomic E-state index is 13.6. The largest absolute Gasteiger partial charge is 0.586 e. The summed E-state index contributed by atoms with van der Waals surface area (Å²) < 4.78 is 76.9. The smallest absolute Gasteiger partial charge is 0.508 e. The highest BCUT2D eigenvalue weighted by molar-refractivity contribution is 6.12. The summed E-state index contributed by atoms with van der Waals surface area (Å²) >= 11 is 0. The van der Waals surface area contributed by atoms with Crippen molar-refractivity contribution in [1.82, 2.24) is 0 Å². The number of aromatic hydroxyl groups is 1. The second kappa shape index (κ2) is 6.35. The Bertz CT molecular complexity index is 1260. The van der Waals surface area contributed by atoms with E-state index < -0.39 is 35.0 Å². The molecule has 5 nitrogen and oxygen atoms in total. The normalized spacial score (nSPS) is 20.7. The number of carbonyl (C=O) groups excluding carboxylic acids is 1. The predicted molar refractivity (Wildman–Crippen MR) is 101 cm³/mol. The molecule has 0 saturated heterocycles. The molecule has 2 heterocycles. The van der Waals surface area contributed by atoms with Crippen LogP contribution in [-0.4, -0.2) is 17.3 Å². The minimum atomic E-state index is -4.75. The molecule has 2 N–H and O–H groups in total. The molecule has 2 aliphatic rings. The molecule has 0 aliphatic carbocycles. The molecule has 0 fully saturated rings. The first-order chi connectivity index (χ1) is 15.0. The number of alkyl halides is 5. The first kappa shape index (κ1) is 20.1. The van der Waals surface area contributed by atoms with Crippen LogP contribution in [0, 0.1) is 0 Å². The number of hydrogen-bond acceptors (Lipinski definition) is 4. The monoisotopic (exact) mass is 449 g/mol. The van der Waals surface area contributed by atoms with Gasteiger partial charge in [-0.2, -0.15) is 13.2 Å². The third kappa shape index (κ3) is 2.79. The van der Waals surface area contributed by atoms with Crippen LogP contribution in [0.25, 0.3) is 0 Å². The van der Waals surface area contributed by atoms with Crippen LogP contribution in [0.15, 0.2) is 60.7 Å². The van der Waals surface area contributed by atoms with Crippen LogP contribution in [0.1, 0.15) is 22.3 Å². The van der Waals surface area contributed by atoms with E-state index in [1.807, 2.05) is 0 Å². The van der Waals surface area contributed by atoms with Gasteiger partial charge < -0.3 is 19.9 Å². The van der Waals surface area contributed by atoms with E-state index in [4.69, 9.17) is 0 Å². The van der Waals surface area contributed by atoms with Crippen molar-refractivity contribution < 1.29 is 41.3 Å². The fourth-order valence-corrected chi connectivity index (χ4v) is 4.20. The summed E-state index contributed by atoms with van der Waals surface area (Å²) in [5.41, 5.74) is -3.03. The van der Waals surface area contributed by atoms with E-state index in [9.17, 15) is 31.9 Å². The summed E-state index contributed by atoms with van der Waals surface area (Å²) in [5, 5.41) is 12.0. The minimum absolute atomic E-state index is 0.0198. The SMILES string of the molecule is O=C1Nc2c(C(F)(F)F)cccc2C1(c1ccc(O)cc1)c1ccc2c(c1)OC(F)(F)O2. The van der Waals surface area contributed by atoms with Crippen molar-refractivity contribution >= 4 is 11.6 Å². The van der Waals surface area contributed by atoms with Gasteiger partial charge in [-0.05, 0) is 41.5 Å². The number of phenolic OH excluding ortho intramolecular Hbond substituents is 1. The number of anilines is 1. The Hall–Kier alpha value is -3.82. The Labute approximate surface area is 177 Å². The van der Waals surface area contributed by atoms with E-state index >= 15 is 0 Å². The number of para-hydroxylation sites is 1. The summed E-state index contributed by atoms with van der Waals surface area (Å²) in [6.07, 6.45) is -8.66. The summed E-state index contributed by atoms with van der Waals surface area (Å²) in [7, 11) is 0. The lowest BCUT2D eigenvalue weighted by Gasteiger charge is -2.29. The summed E-state index contributed by atoms with van der Waals surface area (Å²) in [5.74, 6) is -1.58. The van der Waals surface area contributed by atoms with Crippen LogP contribution in [0.4, 0.5) is 27.6 Å². The predicted octanol–water partition coefficient (Wildman–Crippen LogP) is 5.02. The number of nitrogens with one attached hydrogen (secondary N) is 1. The highest BCUT2D eigenvalue weighted by atomic mass is 19.4. The van der Waals surface area contributed by atoms with Crippen LogP contribution < -0.4 is 14.8 Å². The van der Waals surface area contributed by atoms with Crippen LogP contribution in [-0.2, 0) is 16.4 Å². The molecule has 0 saturated carbocycles. The molecular formula is C22H12F5NO4. The topological polar surface area (TPSA) is 67.8 Å². The molecule has 0 bridgehead atoms. The lowest BCUT2D eigenvalue weighted by molar-refractivity contribution is -0.286. The number of fused-ring (bicyclic) bond motifs is 2. The van der Waals surface area contributed by atoms with Gasteiger partial charge in [0.05, 0.1) is 11.3 Å². The number of rotatable bonds is 2. The second-order valence-corrected chi connectivity index (χ2v) is 7.31. The Balaban J connectivity index is 1.81. The molecule has 32 heavy (non-hydrogen) atoms. The highest BCUT2D eigenvalue weighted by Crippen LogP contribution is 2.53. The Morgan fingerprint density at radius 3 is 2.22 bits per heavy atom. The van der Waals surface area contributed by atoms with Crippen molar-refractivity contribution in [3.05, 3.63) is 82.9 Å². The third-order valence-electron chi connectivity index (χ3n) is 5.49. The van der Waals surface area contributed by atoms with E-state index in [-0.39, 0.29) is 33.9 Å². The molecule has 1 atom stereocenters. The summed E-state index contributed by atoms with van der Waals surface area (Å²) in [6.45, 7) is 0. The number of carbonyl (C=O) groups is 1. The van der Waals surface area contributed by atoms with Gasteiger partial charge in [0.1, 0.15) is 11.2 Å². The lowest BCUT2D eigenvalue weighted by Crippen LogP contribution is -2.37. The van der Waals surface area contributed by atoms with Gasteiger partial charge in [0.15, 0.2) is 11.5 Å². The zero-order valence-electron chi connectivity index (χ0n) is 15.8. The number of benzene rings is 3. The van der Waals surface area contributed by atoms with Gasteiger partial charge in [-0.25, -0.2) is 0 Å². The number of halogens is 5. The zero-order chi connectivity index (χ0) is 22.9. The maximum absolute atomic E-state index is 13.6. The molecule has 1 unspecified atom stereocenters. The van der Waals surface area contributed by atoms with Crippen molar-refractivity contribution in [3.63, 3.8) is 0 Å². The number of hydrogen-bond donors (Lipinski definition) is 2. The average Bonchev–Trinajstić information content (AvgIpc) is 3.19. The minimum Gasteiger partial charge on any atom is -0.508 e. The Morgan fingerprint density at radius 2 is 1.53 bits per heavy atom. The maximum Gasteiger partial charge on any atom is 0.586 e. The number of phenols is 1. The standard InChI is InChI=1S/C22H12F5NO4/c23-21(24,25)15-3-1-2-14-18(15)28-19(30)20(14,11-4-7-13(29)8-5-11)12-6-9-16-17(10-12)32-22(26,27)31-16/h1-10,29H,(H,28,30).